The third-order valence-corrected chi connectivity index (χ3v) is 4.81. The maximum Gasteiger partial charge on any atom is 0.267 e. The average molecular weight is 294 g/mol. The molecule has 1 aromatic carbocycles. The lowest BCUT2D eigenvalue weighted by Crippen LogP contribution is -2.16. The summed E-state index contributed by atoms with van der Waals surface area (Å²) in [5.41, 5.74) is 8.50. The quantitative estimate of drug-likeness (QED) is 0.902. The number of nitrogens with zero attached hydrogens (tertiary/aromatic N) is 2. The van der Waals surface area contributed by atoms with Crippen molar-refractivity contribution in [1.29, 1.82) is 0 Å². The molecule has 1 heterocycles. The van der Waals surface area contributed by atoms with Crippen molar-refractivity contribution >= 4 is 21.5 Å². The summed E-state index contributed by atoms with van der Waals surface area (Å²) in [5, 5.41) is 3.94. The van der Waals surface area contributed by atoms with Crippen LogP contribution < -0.4 is 10.5 Å². The Morgan fingerprint density at radius 3 is 2.20 bits per heavy atom. The van der Waals surface area contributed by atoms with Crippen LogP contribution in [-0.4, -0.2) is 18.2 Å². The lowest BCUT2D eigenvalue weighted by Gasteiger charge is -2.13. The molecule has 2 aromatic rings. The number of aromatic nitrogens is 2. The summed E-state index contributed by atoms with van der Waals surface area (Å²) in [6.45, 7) is 5.37. The highest BCUT2D eigenvalue weighted by Crippen LogP contribution is 2.27. The molecule has 0 atom stereocenters. The summed E-state index contributed by atoms with van der Waals surface area (Å²) >= 11 is 0. The van der Waals surface area contributed by atoms with E-state index in [4.69, 9.17) is 5.73 Å². The Kier molecular flexibility index (Phi) is 3.47. The molecule has 6 nitrogen and oxygen atoms in total. The van der Waals surface area contributed by atoms with E-state index in [1.807, 2.05) is 32.0 Å². The summed E-state index contributed by atoms with van der Waals surface area (Å²) in [7, 11) is -2.10. The Balaban J connectivity index is 2.52. The topological polar surface area (TPSA) is 90.0 Å². The zero-order valence-corrected chi connectivity index (χ0v) is 12.7. The van der Waals surface area contributed by atoms with Gasteiger partial charge in [-0.15, -0.1) is 0 Å². The smallest absolute Gasteiger partial charge is 0.267 e. The van der Waals surface area contributed by atoms with Crippen LogP contribution in [0.3, 0.4) is 0 Å². The van der Waals surface area contributed by atoms with Crippen LogP contribution in [0.2, 0.25) is 0 Å². The van der Waals surface area contributed by atoms with Crippen LogP contribution in [0.15, 0.2) is 23.1 Å². The Morgan fingerprint density at radius 2 is 1.75 bits per heavy atom. The van der Waals surface area contributed by atoms with E-state index in [1.54, 1.807) is 14.0 Å². The van der Waals surface area contributed by atoms with Gasteiger partial charge in [-0.05, 0) is 31.9 Å². The van der Waals surface area contributed by atoms with Crippen LogP contribution in [0.1, 0.15) is 16.8 Å². The zero-order valence-electron chi connectivity index (χ0n) is 11.9. The van der Waals surface area contributed by atoms with Crippen molar-refractivity contribution in [2.45, 2.75) is 25.7 Å². The normalized spacial score (nSPS) is 11.6. The van der Waals surface area contributed by atoms with Crippen LogP contribution in [0.4, 0.5) is 11.5 Å². The number of aryl methyl sites for hydroxylation is 3. The number of nitrogens with two attached hydrogens (primary N) is 1. The molecular formula is C13H18N4O2S. The number of para-hydroxylation sites is 1. The van der Waals surface area contributed by atoms with E-state index in [1.165, 1.54) is 4.68 Å². The minimum atomic E-state index is -3.76. The molecule has 0 unspecified atom stereocenters. The van der Waals surface area contributed by atoms with Crippen molar-refractivity contribution in [3.63, 3.8) is 0 Å². The van der Waals surface area contributed by atoms with Gasteiger partial charge in [-0.25, -0.2) is 8.42 Å². The Labute approximate surface area is 118 Å². The highest BCUT2D eigenvalue weighted by Gasteiger charge is 2.25. The fraction of sp³-hybridized carbons (Fsp3) is 0.308. The van der Waals surface area contributed by atoms with Crippen molar-refractivity contribution < 1.29 is 8.42 Å². The molecule has 20 heavy (non-hydrogen) atoms. The van der Waals surface area contributed by atoms with Gasteiger partial charge in [-0.3, -0.25) is 9.40 Å². The van der Waals surface area contributed by atoms with Gasteiger partial charge >= 0.3 is 0 Å². The first kappa shape index (κ1) is 14.4. The van der Waals surface area contributed by atoms with E-state index in [2.05, 4.69) is 9.82 Å². The molecule has 7 heteroatoms. The van der Waals surface area contributed by atoms with Crippen LogP contribution in [-0.2, 0) is 17.1 Å². The number of nitrogen functional groups attached to an aromatic ring is 1. The van der Waals surface area contributed by atoms with Gasteiger partial charge in [0.2, 0.25) is 0 Å². The molecular weight excluding hydrogens is 276 g/mol. The zero-order chi connectivity index (χ0) is 15.1. The first-order valence-electron chi connectivity index (χ1n) is 6.12. The number of hydrogen-bond acceptors (Lipinski definition) is 4. The van der Waals surface area contributed by atoms with Gasteiger partial charge in [0.15, 0.2) is 10.7 Å². The van der Waals surface area contributed by atoms with Crippen LogP contribution >= 0.6 is 0 Å². The van der Waals surface area contributed by atoms with Crippen molar-refractivity contribution in [2.24, 2.45) is 7.05 Å². The van der Waals surface area contributed by atoms with Crippen LogP contribution in [0.25, 0.3) is 0 Å². The molecule has 0 radical (unpaired) electrons. The molecule has 0 saturated carbocycles. The van der Waals surface area contributed by atoms with E-state index in [0.29, 0.717) is 11.4 Å². The van der Waals surface area contributed by atoms with E-state index < -0.39 is 10.0 Å². The van der Waals surface area contributed by atoms with E-state index in [-0.39, 0.29) is 10.7 Å². The van der Waals surface area contributed by atoms with Crippen LogP contribution in [0, 0.1) is 20.8 Å². The van der Waals surface area contributed by atoms with Crippen molar-refractivity contribution in [3.8, 4) is 0 Å². The maximum atomic E-state index is 12.5. The SMILES string of the molecule is Cc1cccc(C)c1NS(=O)(=O)c1c(N)nn(C)c1C. The fourth-order valence-corrected chi connectivity index (χ4v) is 3.64. The van der Waals surface area contributed by atoms with Gasteiger partial charge in [-0.1, -0.05) is 18.2 Å². The van der Waals surface area contributed by atoms with Crippen molar-refractivity contribution in [1.82, 2.24) is 9.78 Å². The molecule has 0 fully saturated rings. The Bertz CT molecular complexity index is 743. The van der Waals surface area contributed by atoms with Gasteiger partial charge in [-0.2, -0.15) is 5.10 Å². The molecule has 0 aliphatic carbocycles. The summed E-state index contributed by atoms with van der Waals surface area (Å²) < 4.78 is 29.1. The Morgan fingerprint density at radius 1 is 1.20 bits per heavy atom. The molecule has 0 spiro atoms. The fourth-order valence-electron chi connectivity index (χ4n) is 2.11. The first-order chi connectivity index (χ1) is 9.24. The summed E-state index contributed by atoms with van der Waals surface area (Å²) in [6.07, 6.45) is 0. The van der Waals surface area contributed by atoms with E-state index in [9.17, 15) is 8.42 Å². The molecule has 2 rings (SSSR count). The molecule has 0 bridgehead atoms. The standard InChI is InChI=1S/C13H18N4O2S/c1-8-6-5-7-9(2)11(8)16-20(18,19)12-10(3)17(4)15-13(12)14/h5-7,16H,1-4H3,(H2,14,15). The monoisotopic (exact) mass is 294 g/mol. The number of anilines is 2. The molecule has 1 aromatic heterocycles. The molecule has 0 saturated heterocycles. The van der Waals surface area contributed by atoms with Gasteiger partial charge in [0.25, 0.3) is 10.0 Å². The molecule has 0 amide bonds. The minimum absolute atomic E-state index is 0.00346. The molecule has 0 aliphatic rings. The second-order valence-corrected chi connectivity index (χ2v) is 6.41. The number of rotatable bonds is 3. The Hall–Kier alpha value is -2.02. The van der Waals surface area contributed by atoms with E-state index in [0.717, 1.165) is 11.1 Å². The summed E-state index contributed by atoms with van der Waals surface area (Å²) in [6, 6.07) is 5.58. The lowest BCUT2D eigenvalue weighted by atomic mass is 10.1. The second-order valence-electron chi connectivity index (χ2n) is 4.80. The molecule has 3 N–H and O–H groups in total. The second kappa shape index (κ2) is 4.82. The highest BCUT2D eigenvalue weighted by molar-refractivity contribution is 7.93. The van der Waals surface area contributed by atoms with Crippen molar-refractivity contribution in [2.75, 3.05) is 10.5 Å². The molecule has 0 aliphatic heterocycles. The lowest BCUT2D eigenvalue weighted by molar-refractivity contribution is 0.600. The number of nitrogens with one attached hydrogen (secondary N) is 1. The number of hydrogen-bond donors (Lipinski definition) is 2. The first-order valence-corrected chi connectivity index (χ1v) is 7.60. The van der Waals surface area contributed by atoms with Gasteiger partial charge in [0.05, 0.1) is 11.4 Å². The third kappa shape index (κ3) is 2.36. The third-order valence-electron chi connectivity index (χ3n) is 3.29. The predicted octanol–water partition coefficient (Wildman–Crippen LogP) is 1.73. The highest BCUT2D eigenvalue weighted by atomic mass is 32.2. The average Bonchev–Trinajstić information content (AvgIpc) is 2.59. The molecule has 108 valence electrons. The van der Waals surface area contributed by atoms with Crippen LogP contribution in [0.5, 0.6) is 0 Å². The summed E-state index contributed by atoms with van der Waals surface area (Å²) in [5.74, 6) is 0.00346. The number of sulfonamides is 1. The van der Waals surface area contributed by atoms with Crippen molar-refractivity contribution in [3.05, 3.63) is 35.0 Å². The van der Waals surface area contributed by atoms with Gasteiger partial charge < -0.3 is 5.73 Å². The van der Waals surface area contributed by atoms with Gasteiger partial charge in [0.1, 0.15) is 0 Å². The summed E-state index contributed by atoms with van der Waals surface area (Å²) in [4.78, 5) is 0.0302. The largest absolute Gasteiger partial charge is 0.381 e. The maximum absolute atomic E-state index is 12.5. The van der Waals surface area contributed by atoms with Gasteiger partial charge in [0, 0.05) is 7.05 Å². The minimum Gasteiger partial charge on any atom is -0.381 e. The predicted molar refractivity (Wildman–Crippen MR) is 79.1 cm³/mol. The van der Waals surface area contributed by atoms with E-state index >= 15 is 0 Å². The number of benzene rings is 1.